The maximum absolute atomic E-state index is 12.9. The molecule has 2 aromatic rings. The van der Waals surface area contributed by atoms with Gasteiger partial charge in [-0.15, -0.1) is 0 Å². The summed E-state index contributed by atoms with van der Waals surface area (Å²) in [6.07, 6.45) is -3.90. The number of carbonyl (C=O) groups is 2. The molecule has 1 aliphatic heterocycles. The number of nitro benzene ring substituents is 1. The number of halogens is 3. The van der Waals surface area contributed by atoms with Crippen LogP contribution in [-0.2, 0) is 11.0 Å². The second kappa shape index (κ2) is 8.75. The van der Waals surface area contributed by atoms with E-state index in [4.69, 9.17) is 0 Å². The summed E-state index contributed by atoms with van der Waals surface area (Å²) in [6, 6.07) is 9.03. The Bertz CT molecular complexity index is 1020. The summed E-state index contributed by atoms with van der Waals surface area (Å²) in [4.78, 5) is 36.2. The lowest BCUT2D eigenvalue weighted by Gasteiger charge is -2.32. The fraction of sp³-hybridized carbons (Fsp3) is 0.333. The SMILES string of the molecule is CC(=O)c1cccc(NC(=O)C2CCN(c3ccc(C(F)(F)F)cc3[N+](=O)[O-])CC2)c1. The lowest BCUT2D eigenvalue weighted by atomic mass is 9.95. The number of nitrogens with zero attached hydrogens (tertiary/aromatic N) is 2. The van der Waals surface area contributed by atoms with Crippen molar-refractivity contribution < 1.29 is 27.7 Å². The van der Waals surface area contributed by atoms with Crippen molar-refractivity contribution in [2.75, 3.05) is 23.3 Å². The third kappa shape index (κ3) is 5.19. The average Bonchev–Trinajstić information content (AvgIpc) is 2.73. The Balaban J connectivity index is 1.68. The molecule has 1 heterocycles. The number of hydrogen-bond acceptors (Lipinski definition) is 5. The van der Waals surface area contributed by atoms with Gasteiger partial charge in [-0.2, -0.15) is 13.2 Å². The molecule has 1 saturated heterocycles. The Morgan fingerprint density at radius 1 is 1.13 bits per heavy atom. The number of Topliss-reactive ketones (excluding diaryl/α,β-unsaturated/α-hetero) is 1. The molecule has 31 heavy (non-hydrogen) atoms. The number of nitro groups is 1. The Morgan fingerprint density at radius 2 is 1.81 bits per heavy atom. The van der Waals surface area contributed by atoms with E-state index in [1.807, 2.05) is 0 Å². The summed E-state index contributed by atoms with van der Waals surface area (Å²) in [6.45, 7) is 2.01. The molecule has 164 valence electrons. The molecule has 7 nitrogen and oxygen atoms in total. The third-order valence-corrected chi connectivity index (χ3v) is 5.24. The molecule has 0 unspecified atom stereocenters. The first-order valence-electron chi connectivity index (χ1n) is 9.58. The maximum Gasteiger partial charge on any atom is 0.416 e. The molecular formula is C21H20F3N3O4. The normalized spacial score (nSPS) is 14.9. The molecule has 2 aromatic carbocycles. The van der Waals surface area contributed by atoms with Crippen LogP contribution in [0.3, 0.4) is 0 Å². The van der Waals surface area contributed by atoms with Crippen LogP contribution in [0.4, 0.5) is 30.2 Å². The number of piperidine rings is 1. The first-order chi connectivity index (χ1) is 14.6. The minimum Gasteiger partial charge on any atom is -0.366 e. The van der Waals surface area contributed by atoms with Crippen molar-refractivity contribution in [3.63, 3.8) is 0 Å². The third-order valence-electron chi connectivity index (χ3n) is 5.24. The van der Waals surface area contributed by atoms with Crippen LogP contribution in [-0.4, -0.2) is 29.7 Å². The van der Waals surface area contributed by atoms with E-state index < -0.39 is 22.4 Å². The zero-order valence-corrected chi connectivity index (χ0v) is 16.6. The van der Waals surface area contributed by atoms with Crippen LogP contribution >= 0.6 is 0 Å². The monoisotopic (exact) mass is 435 g/mol. The number of anilines is 2. The van der Waals surface area contributed by atoms with Gasteiger partial charge in [0.15, 0.2) is 5.78 Å². The molecule has 1 amide bonds. The van der Waals surface area contributed by atoms with Crippen LogP contribution in [0.25, 0.3) is 0 Å². The number of alkyl halides is 3. The lowest BCUT2D eigenvalue weighted by Crippen LogP contribution is -2.38. The topological polar surface area (TPSA) is 92.6 Å². The maximum atomic E-state index is 12.9. The molecule has 0 spiro atoms. The van der Waals surface area contributed by atoms with Gasteiger partial charge in [0.05, 0.1) is 10.5 Å². The highest BCUT2D eigenvalue weighted by molar-refractivity contribution is 5.97. The fourth-order valence-electron chi connectivity index (χ4n) is 3.56. The van der Waals surface area contributed by atoms with Gasteiger partial charge in [0.25, 0.3) is 5.69 Å². The van der Waals surface area contributed by atoms with Gasteiger partial charge in [0, 0.05) is 36.3 Å². The number of rotatable bonds is 5. The van der Waals surface area contributed by atoms with Crippen LogP contribution in [0.2, 0.25) is 0 Å². The summed E-state index contributed by atoms with van der Waals surface area (Å²) in [7, 11) is 0. The van der Waals surface area contributed by atoms with E-state index in [2.05, 4.69) is 5.32 Å². The summed E-state index contributed by atoms with van der Waals surface area (Å²) in [5.74, 6) is -0.712. The predicted octanol–water partition coefficient (Wildman–Crippen LogP) is 4.67. The van der Waals surface area contributed by atoms with Crippen molar-refractivity contribution in [1.82, 2.24) is 0 Å². The summed E-state index contributed by atoms with van der Waals surface area (Å²) in [5.41, 5.74) is -0.615. The van der Waals surface area contributed by atoms with E-state index >= 15 is 0 Å². The molecule has 1 aliphatic rings. The van der Waals surface area contributed by atoms with Gasteiger partial charge in [-0.1, -0.05) is 12.1 Å². The van der Waals surface area contributed by atoms with Gasteiger partial charge in [0.1, 0.15) is 5.69 Å². The largest absolute Gasteiger partial charge is 0.416 e. The summed E-state index contributed by atoms with van der Waals surface area (Å²) >= 11 is 0. The van der Waals surface area contributed by atoms with Gasteiger partial charge in [0.2, 0.25) is 5.91 Å². The number of benzene rings is 2. The van der Waals surface area contributed by atoms with Crippen molar-refractivity contribution in [3.05, 3.63) is 63.7 Å². The Morgan fingerprint density at radius 3 is 2.39 bits per heavy atom. The van der Waals surface area contributed by atoms with E-state index in [1.165, 1.54) is 6.92 Å². The zero-order chi connectivity index (χ0) is 22.8. The molecule has 0 atom stereocenters. The molecule has 0 aromatic heterocycles. The van der Waals surface area contributed by atoms with Gasteiger partial charge in [-0.3, -0.25) is 19.7 Å². The first-order valence-corrected chi connectivity index (χ1v) is 9.58. The smallest absolute Gasteiger partial charge is 0.366 e. The van der Waals surface area contributed by atoms with E-state index in [0.29, 0.717) is 30.2 Å². The second-order valence-electron chi connectivity index (χ2n) is 7.35. The highest BCUT2D eigenvalue weighted by atomic mass is 19.4. The molecule has 0 bridgehead atoms. The quantitative estimate of drug-likeness (QED) is 0.419. The number of nitrogens with one attached hydrogen (secondary N) is 1. The van der Waals surface area contributed by atoms with Crippen molar-refractivity contribution in [3.8, 4) is 0 Å². The van der Waals surface area contributed by atoms with Crippen molar-refractivity contribution in [2.45, 2.75) is 25.9 Å². The van der Waals surface area contributed by atoms with Crippen molar-refractivity contribution in [1.29, 1.82) is 0 Å². The number of carbonyl (C=O) groups excluding carboxylic acids is 2. The molecule has 0 aliphatic carbocycles. The van der Waals surface area contributed by atoms with E-state index in [9.17, 15) is 32.9 Å². The highest BCUT2D eigenvalue weighted by Crippen LogP contribution is 2.37. The molecule has 10 heteroatoms. The Kier molecular flexibility index (Phi) is 6.28. The average molecular weight is 435 g/mol. The van der Waals surface area contributed by atoms with Gasteiger partial charge in [-0.25, -0.2) is 0 Å². The zero-order valence-electron chi connectivity index (χ0n) is 16.6. The number of ketones is 1. The van der Waals surface area contributed by atoms with Crippen molar-refractivity contribution >= 4 is 28.8 Å². The van der Waals surface area contributed by atoms with Crippen LogP contribution in [0, 0.1) is 16.0 Å². The minimum absolute atomic E-state index is 0.103. The van der Waals surface area contributed by atoms with E-state index in [1.54, 1.807) is 29.2 Å². The van der Waals surface area contributed by atoms with Gasteiger partial charge >= 0.3 is 6.18 Å². The van der Waals surface area contributed by atoms with Gasteiger partial charge in [-0.05, 0) is 44.0 Å². The molecule has 1 N–H and O–H groups in total. The van der Waals surface area contributed by atoms with Gasteiger partial charge < -0.3 is 10.2 Å². The van der Waals surface area contributed by atoms with E-state index in [0.717, 1.165) is 12.1 Å². The Hall–Kier alpha value is -3.43. The standard InChI is InChI=1S/C21H20F3N3O4/c1-13(28)15-3-2-4-17(11-15)25-20(29)14-7-9-26(10-8-14)18-6-5-16(21(22,23)24)12-19(18)27(30)31/h2-6,11-12,14H,7-10H2,1H3,(H,25,29). The molecule has 3 rings (SSSR count). The van der Waals surface area contributed by atoms with Crippen LogP contribution in [0.5, 0.6) is 0 Å². The van der Waals surface area contributed by atoms with Crippen LogP contribution < -0.4 is 10.2 Å². The van der Waals surface area contributed by atoms with E-state index in [-0.39, 0.29) is 36.4 Å². The number of hydrogen-bond donors (Lipinski definition) is 1. The minimum atomic E-state index is -4.67. The second-order valence-corrected chi connectivity index (χ2v) is 7.35. The first kappa shape index (κ1) is 22.3. The molecule has 0 radical (unpaired) electrons. The summed E-state index contributed by atoms with van der Waals surface area (Å²) < 4.78 is 38.7. The molecule has 0 saturated carbocycles. The predicted molar refractivity (Wildman–Crippen MR) is 108 cm³/mol. The Labute approximate surface area is 176 Å². The highest BCUT2D eigenvalue weighted by Gasteiger charge is 2.35. The fourth-order valence-corrected chi connectivity index (χ4v) is 3.56. The molecule has 1 fully saturated rings. The van der Waals surface area contributed by atoms with Crippen LogP contribution in [0.15, 0.2) is 42.5 Å². The summed E-state index contributed by atoms with van der Waals surface area (Å²) in [5, 5.41) is 14.1. The van der Waals surface area contributed by atoms with Crippen molar-refractivity contribution in [2.24, 2.45) is 5.92 Å². The van der Waals surface area contributed by atoms with Crippen LogP contribution in [0.1, 0.15) is 35.7 Å². The lowest BCUT2D eigenvalue weighted by molar-refractivity contribution is -0.384. The number of amides is 1. The molecular weight excluding hydrogens is 415 g/mol.